The first kappa shape index (κ1) is 16.8. The molecule has 26 heavy (non-hydrogen) atoms. The molecule has 1 spiro atoms. The predicted octanol–water partition coefficient (Wildman–Crippen LogP) is 2.79. The number of primary amides is 1. The quantitative estimate of drug-likeness (QED) is 0.872. The molecule has 2 N–H and O–H groups in total. The molecule has 2 amide bonds. The molecular weight excluding hydrogens is 324 g/mol. The van der Waals surface area contributed by atoms with Crippen LogP contribution in [-0.4, -0.2) is 23.3 Å². The van der Waals surface area contributed by atoms with Crippen LogP contribution in [0.1, 0.15) is 36.0 Å². The first-order valence-electron chi connectivity index (χ1n) is 9.29. The highest BCUT2D eigenvalue weighted by Crippen LogP contribution is 2.62. The lowest BCUT2D eigenvalue weighted by Gasteiger charge is -2.24. The van der Waals surface area contributed by atoms with E-state index in [2.05, 4.69) is 24.3 Å². The molecule has 4 rings (SSSR count). The third kappa shape index (κ3) is 3.00. The molecule has 0 heterocycles. The van der Waals surface area contributed by atoms with E-state index in [0.717, 1.165) is 24.8 Å². The number of nitrogens with zero attached hydrogens (tertiary/aromatic N) is 1. The summed E-state index contributed by atoms with van der Waals surface area (Å²) in [5.74, 6) is -0.179. The summed E-state index contributed by atoms with van der Waals surface area (Å²) in [5.41, 5.74) is 9.17. The molecule has 0 unspecified atom stereocenters. The maximum atomic E-state index is 13.3. The van der Waals surface area contributed by atoms with Crippen LogP contribution in [0.5, 0.6) is 0 Å². The Morgan fingerprint density at radius 1 is 1.08 bits per heavy atom. The molecule has 1 saturated carbocycles. The predicted molar refractivity (Wildman–Crippen MR) is 100 cm³/mol. The first-order valence-corrected chi connectivity index (χ1v) is 9.29. The Bertz CT molecular complexity index is 833. The van der Waals surface area contributed by atoms with E-state index in [1.165, 1.54) is 11.1 Å². The summed E-state index contributed by atoms with van der Waals surface area (Å²) in [5, 5.41) is 0. The zero-order valence-electron chi connectivity index (χ0n) is 14.9. The van der Waals surface area contributed by atoms with Crippen LogP contribution in [0.4, 0.5) is 0 Å². The standard InChI is InChI=1S/C22H24N2O2/c23-20(25)11-13-24(15-16-6-2-1-3-7-16)21(26)19-14-22(19)12-10-17-8-4-5-9-18(17)22/h1-9,19H,10-15H2,(H2,23,25)/t19-,22+/m0/s1. The molecule has 0 saturated heterocycles. The summed E-state index contributed by atoms with van der Waals surface area (Å²) in [6.45, 7) is 0.915. The van der Waals surface area contributed by atoms with E-state index in [0.29, 0.717) is 13.1 Å². The molecule has 4 heteroatoms. The second-order valence-corrected chi connectivity index (χ2v) is 7.53. The zero-order valence-corrected chi connectivity index (χ0v) is 14.9. The van der Waals surface area contributed by atoms with E-state index in [1.807, 2.05) is 35.2 Å². The minimum absolute atomic E-state index is 0.0232. The smallest absolute Gasteiger partial charge is 0.226 e. The maximum Gasteiger partial charge on any atom is 0.226 e. The lowest BCUT2D eigenvalue weighted by Crippen LogP contribution is -2.36. The number of benzene rings is 2. The van der Waals surface area contributed by atoms with Crippen molar-refractivity contribution in [1.29, 1.82) is 0 Å². The largest absolute Gasteiger partial charge is 0.370 e. The molecule has 0 aliphatic heterocycles. The molecule has 1 fully saturated rings. The van der Waals surface area contributed by atoms with Gasteiger partial charge in [-0.05, 0) is 36.0 Å². The average Bonchev–Trinajstić information content (AvgIpc) is 3.27. The molecule has 2 aliphatic rings. The van der Waals surface area contributed by atoms with E-state index < -0.39 is 0 Å². The number of aryl methyl sites for hydroxylation is 1. The molecular formula is C22H24N2O2. The number of hydrogen-bond donors (Lipinski definition) is 1. The minimum Gasteiger partial charge on any atom is -0.370 e. The molecule has 0 bridgehead atoms. The van der Waals surface area contributed by atoms with Gasteiger partial charge in [0.15, 0.2) is 0 Å². The van der Waals surface area contributed by atoms with Crippen molar-refractivity contribution in [3.63, 3.8) is 0 Å². The van der Waals surface area contributed by atoms with Crippen LogP contribution in [-0.2, 0) is 28.0 Å². The summed E-state index contributed by atoms with van der Waals surface area (Å²) >= 11 is 0. The van der Waals surface area contributed by atoms with Gasteiger partial charge < -0.3 is 10.6 Å². The van der Waals surface area contributed by atoms with Crippen molar-refractivity contribution < 1.29 is 9.59 Å². The normalized spacial score (nSPS) is 22.8. The molecule has 2 aromatic carbocycles. The van der Waals surface area contributed by atoms with Gasteiger partial charge in [0.25, 0.3) is 0 Å². The molecule has 0 radical (unpaired) electrons. The Balaban J connectivity index is 1.53. The lowest BCUT2D eigenvalue weighted by atomic mass is 9.95. The number of fused-ring (bicyclic) bond motifs is 2. The third-order valence-corrected chi connectivity index (χ3v) is 5.92. The first-order chi connectivity index (χ1) is 12.6. The number of amides is 2. The Morgan fingerprint density at radius 3 is 2.58 bits per heavy atom. The molecule has 2 aromatic rings. The van der Waals surface area contributed by atoms with Crippen molar-refractivity contribution in [2.24, 2.45) is 11.7 Å². The summed E-state index contributed by atoms with van der Waals surface area (Å²) in [4.78, 5) is 26.3. The fraction of sp³-hybridized carbons (Fsp3) is 0.364. The fourth-order valence-corrected chi connectivity index (χ4v) is 4.46. The van der Waals surface area contributed by atoms with Crippen LogP contribution in [0, 0.1) is 5.92 Å². The average molecular weight is 348 g/mol. The number of carbonyl (C=O) groups is 2. The summed E-state index contributed by atoms with van der Waals surface area (Å²) in [6, 6.07) is 18.4. The number of hydrogen-bond acceptors (Lipinski definition) is 2. The molecule has 2 aliphatic carbocycles. The van der Waals surface area contributed by atoms with Gasteiger partial charge in [0.1, 0.15) is 0 Å². The van der Waals surface area contributed by atoms with Gasteiger partial charge in [-0.25, -0.2) is 0 Å². The molecule has 0 aromatic heterocycles. The van der Waals surface area contributed by atoms with E-state index in [1.54, 1.807) is 0 Å². The van der Waals surface area contributed by atoms with Crippen LogP contribution in [0.15, 0.2) is 54.6 Å². The van der Waals surface area contributed by atoms with Crippen molar-refractivity contribution in [3.05, 3.63) is 71.3 Å². The summed E-state index contributed by atoms with van der Waals surface area (Å²) in [6.07, 6.45) is 3.23. The second-order valence-electron chi connectivity index (χ2n) is 7.53. The highest BCUT2D eigenvalue weighted by atomic mass is 16.2. The Labute approximate surface area is 154 Å². The third-order valence-electron chi connectivity index (χ3n) is 5.92. The van der Waals surface area contributed by atoms with Gasteiger partial charge in [0.2, 0.25) is 11.8 Å². The molecule has 4 nitrogen and oxygen atoms in total. The van der Waals surface area contributed by atoms with Gasteiger partial charge in [0, 0.05) is 30.8 Å². The van der Waals surface area contributed by atoms with Crippen LogP contribution in [0.25, 0.3) is 0 Å². The van der Waals surface area contributed by atoms with Crippen LogP contribution in [0.2, 0.25) is 0 Å². The summed E-state index contributed by atoms with van der Waals surface area (Å²) < 4.78 is 0. The molecule has 2 atom stereocenters. The van der Waals surface area contributed by atoms with Crippen molar-refractivity contribution in [3.8, 4) is 0 Å². The van der Waals surface area contributed by atoms with Crippen molar-refractivity contribution in [1.82, 2.24) is 4.90 Å². The zero-order chi connectivity index (χ0) is 18.1. The van der Waals surface area contributed by atoms with E-state index >= 15 is 0 Å². The highest BCUT2D eigenvalue weighted by molar-refractivity contribution is 5.85. The van der Waals surface area contributed by atoms with Gasteiger partial charge in [-0.2, -0.15) is 0 Å². The topological polar surface area (TPSA) is 63.4 Å². The fourth-order valence-electron chi connectivity index (χ4n) is 4.46. The monoisotopic (exact) mass is 348 g/mol. The van der Waals surface area contributed by atoms with Crippen LogP contribution in [0.3, 0.4) is 0 Å². The lowest BCUT2D eigenvalue weighted by molar-refractivity contribution is -0.134. The van der Waals surface area contributed by atoms with Crippen molar-refractivity contribution in [2.45, 2.75) is 37.6 Å². The number of rotatable bonds is 6. The van der Waals surface area contributed by atoms with Gasteiger partial charge in [-0.1, -0.05) is 54.6 Å². The SMILES string of the molecule is NC(=O)CCN(Cc1ccccc1)C(=O)[C@@H]1C[C@@]12CCc1ccccc12. The minimum atomic E-state index is -0.368. The number of nitrogens with two attached hydrogens (primary N) is 1. The van der Waals surface area contributed by atoms with Crippen molar-refractivity contribution in [2.75, 3.05) is 6.54 Å². The van der Waals surface area contributed by atoms with Crippen LogP contribution < -0.4 is 5.73 Å². The summed E-state index contributed by atoms with van der Waals surface area (Å²) in [7, 11) is 0. The van der Waals surface area contributed by atoms with Crippen LogP contribution >= 0.6 is 0 Å². The maximum absolute atomic E-state index is 13.3. The second kappa shape index (κ2) is 6.60. The van der Waals surface area contributed by atoms with E-state index in [4.69, 9.17) is 5.73 Å². The van der Waals surface area contributed by atoms with E-state index in [-0.39, 0.29) is 29.6 Å². The molecule has 134 valence electrons. The van der Waals surface area contributed by atoms with E-state index in [9.17, 15) is 9.59 Å². The van der Waals surface area contributed by atoms with Gasteiger partial charge in [0.05, 0.1) is 0 Å². The van der Waals surface area contributed by atoms with Crippen molar-refractivity contribution >= 4 is 11.8 Å². The number of carbonyl (C=O) groups excluding carboxylic acids is 2. The highest BCUT2D eigenvalue weighted by Gasteiger charge is 2.61. The Kier molecular flexibility index (Phi) is 4.27. The van der Waals surface area contributed by atoms with Gasteiger partial charge in [-0.15, -0.1) is 0 Å². The van der Waals surface area contributed by atoms with Gasteiger partial charge in [-0.3, -0.25) is 9.59 Å². The Hall–Kier alpha value is -2.62. The Morgan fingerprint density at radius 2 is 1.81 bits per heavy atom. The van der Waals surface area contributed by atoms with Gasteiger partial charge >= 0.3 is 0 Å².